The fourth-order valence-corrected chi connectivity index (χ4v) is 6.11. The molecule has 2 fully saturated rings. The highest BCUT2D eigenvalue weighted by Crippen LogP contribution is 2.29. The van der Waals surface area contributed by atoms with Crippen LogP contribution in [0.1, 0.15) is 64.7 Å². The summed E-state index contributed by atoms with van der Waals surface area (Å²) in [5.41, 5.74) is 0.492. The minimum absolute atomic E-state index is 0.0246. The molecule has 3 heterocycles. The van der Waals surface area contributed by atoms with Crippen LogP contribution in [-0.4, -0.2) is 45.3 Å². The van der Waals surface area contributed by atoms with E-state index in [0.29, 0.717) is 28.1 Å². The molecule has 0 bridgehead atoms. The van der Waals surface area contributed by atoms with Crippen molar-refractivity contribution in [3.63, 3.8) is 0 Å². The predicted molar refractivity (Wildman–Crippen MR) is 124 cm³/mol. The number of rotatable bonds is 7. The monoisotopic (exact) mass is 449 g/mol. The number of carbonyl (C=O) groups is 1. The molecule has 2 aliphatic rings. The van der Waals surface area contributed by atoms with Gasteiger partial charge in [-0.05, 0) is 38.5 Å². The zero-order valence-corrected chi connectivity index (χ0v) is 19.3. The molecule has 0 spiro atoms. The zero-order valence-electron chi connectivity index (χ0n) is 17.7. The van der Waals surface area contributed by atoms with Crippen molar-refractivity contribution in [2.75, 3.05) is 23.7 Å². The number of aromatic nitrogens is 3. The number of thiazole rings is 1. The van der Waals surface area contributed by atoms with Crippen molar-refractivity contribution in [2.24, 2.45) is 0 Å². The van der Waals surface area contributed by atoms with Crippen LogP contribution in [-0.2, 0) is 11.3 Å². The Balaban J connectivity index is 1.52. The van der Waals surface area contributed by atoms with Crippen LogP contribution in [0.15, 0.2) is 9.95 Å². The van der Waals surface area contributed by atoms with E-state index in [0.717, 1.165) is 37.5 Å². The van der Waals surface area contributed by atoms with Gasteiger partial charge in [0.05, 0.1) is 5.75 Å². The number of amides is 1. The standard InChI is InChI=1S/C21H31N5O2S2/c1-2-11-26-19(28)17-18(23-20(30-17)25-12-7-4-8-13-25)24-21(26)29-14-16(27)22-15-9-5-3-6-10-15/h15H,2-14H2,1H3,(H,22,27). The summed E-state index contributed by atoms with van der Waals surface area (Å²) >= 11 is 2.81. The number of nitrogens with one attached hydrogen (secondary N) is 1. The first-order valence-electron chi connectivity index (χ1n) is 11.2. The van der Waals surface area contributed by atoms with Gasteiger partial charge in [-0.1, -0.05) is 49.3 Å². The zero-order chi connectivity index (χ0) is 20.9. The van der Waals surface area contributed by atoms with Crippen LogP contribution in [0.2, 0.25) is 0 Å². The molecule has 164 valence electrons. The number of piperidine rings is 1. The van der Waals surface area contributed by atoms with Crippen LogP contribution in [0, 0.1) is 0 Å². The highest BCUT2D eigenvalue weighted by atomic mass is 32.2. The maximum absolute atomic E-state index is 13.2. The van der Waals surface area contributed by atoms with Gasteiger partial charge in [0.1, 0.15) is 4.70 Å². The molecule has 0 radical (unpaired) electrons. The molecular formula is C21H31N5O2S2. The van der Waals surface area contributed by atoms with Gasteiger partial charge in [-0.25, -0.2) is 4.98 Å². The lowest BCUT2D eigenvalue weighted by Crippen LogP contribution is -2.37. The summed E-state index contributed by atoms with van der Waals surface area (Å²) in [7, 11) is 0. The van der Waals surface area contributed by atoms with E-state index in [2.05, 4.69) is 15.2 Å². The van der Waals surface area contributed by atoms with Crippen molar-refractivity contribution in [1.82, 2.24) is 19.9 Å². The van der Waals surface area contributed by atoms with Gasteiger partial charge < -0.3 is 10.2 Å². The summed E-state index contributed by atoms with van der Waals surface area (Å²) in [5.74, 6) is 0.304. The van der Waals surface area contributed by atoms with Gasteiger partial charge in [0.25, 0.3) is 5.56 Å². The van der Waals surface area contributed by atoms with E-state index in [4.69, 9.17) is 4.98 Å². The molecule has 0 aromatic carbocycles. The molecule has 9 heteroatoms. The summed E-state index contributed by atoms with van der Waals surface area (Å²) in [5, 5.41) is 4.64. The number of fused-ring (bicyclic) bond motifs is 1. The van der Waals surface area contributed by atoms with Gasteiger partial charge in [0.15, 0.2) is 15.9 Å². The van der Waals surface area contributed by atoms with Crippen molar-refractivity contribution in [1.29, 1.82) is 0 Å². The Morgan fingerprint density at radius 3 is 2.60 bits per heavy atom. The quantitative estimate of drug-likeness (QED) is 0.512. The molecule has 0 atom stereocenters. The number of hydrogen-bond donors (Lipinski definition) is 1. The number of anilines is 1. The van der Waals surface area contributed by atoms with Gasteiger partial charge in [0, 0.05) is 25.7 Å². The number of hydrogen-bond acceptors (Lipinski definition) is 7. The van der Waals surface area contributed by atoms with E-state index in [-0.39, 0.29) is 17.2 Å². The molecule has 1 aliphatic carbocycles. The molecule has 1 amide bonds. The second-order valence-corrected chi connectivity index (χ2v) is 10.2. The number of carbonyl (C=O) groups excluding carboxylic acids is 1. The van der Waals surface area contributed by atoms with E-state index in [1.807, 2.05) is 6.92 Å². The van der Waals surface area contributed by atoms with Crippen LogP contribution >= 0.6 is 23.1 Å². The first-order valence-corrected chi connectivity index (χ1v) is 13.0. The fraction of sp³-hybridized carbons (Fsp3) is 0.714. The first-order chi connectivity index (χ1) is 14.7. The van der Waals surface area contributed by atoms with Crippen LogP contribution in [0.25, 0.3) is 10.3 Å². The van der Waals surface area contributed by atoms with E-state index >= 15 is 0 Å². The largest absolute Gasteiger partial charge is 0.353 e. The normalized spacial score (nSPS) is 18.1. The maximum Gasteiger partial charge on any atom is 0.273 e. The molecule has 2 aromatic rings. The molecule has 4 rings (SSSR count). The predicted octanol–water partition coefficient (Wildman–Crippen LogP) is 3.79. The summed E-state index contributed by atoms with van der Waals surface area (Å²) in [6.07, 6.45) is 10.2. The average molecular weight is 450 g/mol. The molecule has 1 saturated heterocycles. The Bertz CT molecular complexity index is 929. The Morgan fingerprint density at radius 1 is 1.13 bits per heavy atom. The van der Waals surface area contributed by atoms with Crippen molar-refractivity contribution in [3.05, 3.63) is 10.4 Å². The lowest BCUT2D eigenvalue weighted by Gasteiger charge is -2.25. The molecule has 1 aliphatic heterocycles. The Kier molecular flexibility index (Phi) is 7.30. The lowest BCUT2D eigenvalue weighted by atomic mass is 9.95. The van der Waals surface area contributed by atoms with Crippen molar-refractivity contribution in [3.8, 4) is 0 Å². The third-order valence-corrected chi connectivity index (χ3v) is 7.92. The van der Waals surface area contributed by atoms with Gasteiger partial charge in [-0.2, -0.15) is 4.98 Å². The van der Waals surface area contributed by atoms with Crippen LogP contribution in [0.4, 0.5) is 5.13 Å². The highest BCUT2D eigenvalue weighted by Gasteiger charge is 2.21. The summed E-state index contributed by atoms with van der Waals surface area (Å²) in [6, 6.07) is 0.297. The molecule has 7 nitrogen and oxygen atoms in total. The first kappa shape index (κ1) is 21.6. The third-order valence-electron chi connectivity index (χ3n) is 5.85. The highest BCUT2D eigenvalue weighted by molar-refractivity contribution is 7.99. The van der Waals surface area contributed by atoms with E-state index in [1.165, 1.54) is 61.6 Å². The average Bonchev–Trinajstić information content (AvgIpc) is 3.20. The van der Waals surface area contributed by atoms with Crippen LogP contribution in [0.5, 0.6) is 0 Å². The minimum atomic E-state index is -0.0298. The Morgan fingerprint density at radius 2 is 1.87 bits per heavy atom. The van der Waals surface area contributed by atoms with Gasteiger partial charge in [0.2, 0.25) is 5.91 Å². The molecule has 1 saturated carbocycles. The van der Waals surface area contributed by atoms with Crippen molar-refractivity contribution in [2.45, 2.75) is 82.5 Å². The van der Waals surface area contributed by atoms with Gasteiger partial charge in [-0.3, -0.25) is 14.2 Å². The fourth-order valence-electron chi connectivity index (χ4n) is 4.27. The number of thioether (sulfide) groups is 1. The van der Waals surface area contributed by atoms with Crippen LogP contribution < -0.4 is 15.8 Å². The molecule has 0 unspecified atom stereocenters. The van der Waals surface area contributed by atoms with Crippen molar-refractivity contribution >= 4 is 44.5 Å². The summed E-state index contributed by atoms with van der Waals surface area (Å²) in [4.78, 5) is 37.3. The number of nitrogens with zero attached hydrogens (tertiary/aromatic N) is 4. The third kappa shape index (κ3) is 4.99. The van der Waals surface area contributed by atoms with E-state index < -0.39 is 0 Å². The SMILES string of the molecule is CCCn1c(SCC(=O)NC2CCCCC2)nc2nc(N3CCCCC3)sc2c1=O. The van der Waals surface area contributed by atoms with E-state index in [9.17, 15) is 9.59 Å². The molecule has 30 heavy (non-hydrogen) atoms. The van der Waals surface area contributed by atoms with Crippen LogP contribution in [0.3, 0.4) is 0 Å². The topological polar surface area (TPSA) is 80.1 Å². The van der Waals surface area contributed by atoms with Crippen molar-refractivity contribution < 1.29 is 4.79 Å². The summed E-state index contributed by atoms with van der Waals surface area (Å²) < 4.78 is 2.35. The summed E-state index contributed by atoms with van der Waals surface area (Å²) in [6.45, 7) is 4.63. The Labute approximate surface area is 185 Å². The van der Waals surface area contributed by atoms with Gasteiger partial charge in [-0.15, -0.1) is 0 Å². The maximum atomic E-state index is 13.2. The Hall–Kier alpha value is -1.61. The second kappa shape index (κ2) is 10.1. The second-order valence-electron chi connectivity index (χ2n) is 8.24. The minimum Gasteiger partial charge on any atom is -0.353 e. The smallest absolute Gasteiger partial charge is 0.273 e. The molecule has 2 aromatic heterocycles. The molecular weight excluding hydrogens is 418 g/mol. The van der Waals surface area contributed by atoms with Gasteiger partial charge >= 0.3 is 0 Å². The van der Waals surface area contributed by atoms with E-state index in [1.54, 1.807) is 4.57 Å². The molecule has 1 N–H and O–H groups in total. The lowest BCUT2D eigenvalue weighted by molar-refractivity contribution is -0.119.